The molecule has 0 saturated carbocycles. The van der Waals surface area contributed by atoms with Gasteiger partial charge in [-0.25, -0.2) is 9.38 Å². The van der Waals surface area contributed by atoms with Crippen LogP contribution in [0.15, 0.2) is 52.4 Å². The lowest BCUT2D eigenvalue weighted by molar-refractivity contribution is -0.115. The maximum Gasteiger partial charge on any atom is 0.264 e. The van der Waals surface area contributed by atoms with Crippen molar-refractivity contribution in [2.45, 2.75) is 0 Å². The first kappa shape index (κ1) is 16.1. The molecule has 0 aromatic heterocycles. The van der Waals surface area contributed by atoms with Crippen LogP contribution in [0.4, 0.5) is 10.1 Å². The van der Waals surface area contributed by atoms with E-state index in [2.05, 4.69) is 10.3 Å². The Morgan fingerprint density at radius 1 is 1.13 bits per heavy atom. The van der Waals surface area contributed by atoms with Crippen LogP contribution in [-0.4, -0.2) is 11.1 Å². The number of halogens is 3. The van der Waals surface area contributed by atoms with Crippen molar-refractivity contribution in [1.29, 1.82) is 0 Å². The Morgan fingerprint density at radius 2 is 1.91 bits per heavy atom. The Bertz CT molecular complexity index is 852. The molecule has 0 atom stereocenters. The number of carbonyl (C=O) groups excluding carboxylic acids is 1. The molecular formula is C16H9Cl2FN2OS. The minimum atomic E-state index is -0.392. The molecule has 3 nitrogen and oxygen atoms in total. The highest BCUT2D eigenvalue weighted by Gasteiger charge is 2.24. The van der Waals surface area contributed by atoms with Crippen molar-refractivity contribution in [3.63, 3.8) is 0 Å². The fraction of sp³-hybridized carbons (Fsp3) is 0. The lowest BCUT2D eigenvalue weighted by Crippen LogP contribution is -2.19. The standard InChI is InChI=1S/C16H9Cl2FN2OS/c17-10-5-3-7-12(14(10)18)20-16-21-15(22)13(23-16)8-9-4-1-2-6-11(9)19/h1-8H,(H,20,21,22)/b13-8-. The van der Waals surface area contributed by atoms with Crippen molar-refractivity contribution < 1.29 is 9.18 Å². The second-order valence-corrected chi connectivity index (χ2v) is 6.39. The number of nitrogens with zero attached hydrogens (tertiary/aromatic N) is 1. The normalized spacial score (nSPS) is 17.8. The van der Waals surface area contributed by atoms with Gasteiger partial charge in [-0.15, -0.1) is 0 Å². The van der Waals surface area contributed by atoms with Gasteiger partial charge in [0.15, 0.2) is 5.17 Å². The first-order valence-corrected chi connectivity index (χ1v) is 8.10. The second kappa shape index (κ2) is 6.74. The number of hydrogen-bond donors (Lipinski definition) is 1. The maximum atomic E-state index is 13.7. The number of rotatable bonds is 2. The van der Waals surface area contributed by atoms with Crippen LogP contribution in [0.5, 0.6) is 0 Å². The lowest BCUT2D eigenvalue weighted by atomic mass is 10.2. The average Bonchev–Trinajstić information content (AvgIpc) is 2.86. The molecule has 23 heavy (non-hydrogen) atoms. The van der Waals surface area contributed by atoms with Crippen LogP contribution in [0.1, 0.15) is 5.56 Å². The third-order valence-electron chi connectivity index (χ3n) is 3.00. The average molecular weight is 367 g/mol. The summed E-state index contributed by atoms with van der Waals surface area (Å²) in [5.41, 5.74) is 0.793. The van der Waals surface area contributed by atoms with Gasteiger partial charge in [-0.3, -0.25) is 4.79 Å². The van der Waals surface area contributed by atoms with Gasteiger partial charge < -0.3 is 5.32 Å². The van der Waals surface area contributed by atoms with E-state index < -0.39 is 5.82 Å². The van der Waals surface area contributed by atoms with E-state index >= 15 is 0 Å². The molecule has 2 aromatic rings. The zero-order valence-corrected chi connectivity index (χ0v) is 13.8. The molecule has 0 aliphatic carbocycles. The number of nitrogens with one attached hydrogen (secondary N) is 1. The van der Waals surface area contributed by atoms with E-state index in [9.17, 15) is 9.18 Å². The number of aliphatic imine (C=N–C) groups is 1. The van der Waals surface area contributed by atoms with E-state index in [0.717, 1.165) is 11.8 Å². The fourth-order valence-electron chi connectivity index (χ4n) is 1.90. The third-order valence-corrected chi connectivity index (χ3v) is 4.71. The molecule has 0 bridgehead atoms. The van der Waals surface area contributed by atoms with Crippen molar-refractivity contribution >= 4 is 57.8 Å². The monoisotopic (exact) mass is 366 g/mol. The first-order valence-electron chi connectivity index (χ1n) is 6.53. The van der Waals surface area contributed by atoms with E-state index in [-0.39, 0.29) is 5.91 Å². The summed E-state index contributed by atoms with van der Waals surface area (Å²) in [5, 5.41) is 3.67. The van der Waals surface area contributed by atoms with Gasteiger partial charge in [-0.1, -0.05) is 47.5 Å². The molecule has 1 amide bonds. The fourth-order valence-corrected chi connectivity index (χ4v) is 3.07. The molecule has 3 rings (SSSR count). The SMILES string of the molecule is O=C1NC(=Nc2cccc(Cl)c2Cl)S/C1=C\c1ccccc1F. The molecule has 1 aliphatic rings. The predicted molar refractivity (Wildman–Crippen MR) is 93.7 cm³/mol. The van der Waals surface area contributed by atoms with Crippen molar-refractivity contribution in [3.05, 3.63) is 68.8 Å². The summed E-state index contributed by atoms with van der Waals surface area (Å²) in [7, 11) is 0. The predicted octanol–water partition coefficient (Wildman–Crippen LogP) is 5.02. The number of amidine groups is 1. The Kier molecular flexibility index (Phi) is 4.71. The molecule has 1 saturated heterocycles. The van der Waals surface area contributed by atoms with Gasteiger partial charge in [0.05, 0.1) is 20.6 Å². The molecule has 1 N–H and O–H groups in total. The minimum Gasteiger partial charge on any atom is -0.300 e. The third kappa shape index (κ3) is 3.58. The van der Waals surface area contributed by atoms with Crippen LogP contribution in [0.2, 0.25) is 10.0 Å². The molecule has 116 valence electrons. The summed E-state index contributed by atoms with van der Waals surface area (Å²) < 4.78 is 13.7. The summed E-state index contributed by atoms with van der Waals surface area (Å²) in [6.45, 7) is 0. The molecular weight excluding hydrogens is 358 g/mol. The highest BCUT2D eigenvalue weighted by atomic mass is 35.5. The van der Waals surface area contributed by atoms with E-state index in [1.54, 1.807) is 36.4 Å². The van der Waals surface area contributed by atoms with E-state index in [1.807, 2.05) is 0 Å². The first-order chi connectivity index (χ1) is 11.0. The summed E-state index contributed by atoms with van der Waals surface area (Å²) in [4.78, 5) is 16.6. The van der Waals surface area contributed by atoms with Crippen molar-refractivity contribution in [2.24, 2.45) is 4.99 Å². The Balaban J connectivity index is 1.89. The van der Waals surface area contributed by atoms with Crippen LogP contribution in [-0.2, 0) is 4.79 Å². The zero-order chi connectivity index (χ0) is 16.4. The van der Waals surface area contributed by atoms with Crippen LogP contribution < -0.4 is 5.32 Å². The van der Waals surface area contributed by atoms with Crippen LogP contribution in [0.25, 0.3) is 6.08 Å². The molecule has 0 unspecified atom stereocenters. The minimum absolute atomic E-state index is 0.308. The molecule has 2 aromatic carbocycles. The van der Waals surface area contributed by atoms with Gasteiger partial charge >= 0.3 is 0 Å². The van der Waals surface area contributed by atoms with Gasteiger partial charge in [0.25, 0.3) is 5.91 Å². The highest BCUT2D eigenvalue weighted by molar-refractivity contribution is 8.18. The quantitative estimate of drug-likeness (QED) is 0.757. The smallest absolute Gasteiger partial charge is 0.264 e. The van der Waals surface area contributed by atoms with Gasteiger partial charge in [-0.2, -0.15) is 0 Å². The molecule has 0 spiro atoms. The number of thioether (sulfide) groups is 1. The highest BCUT2D eigenvalue weighted by Crippen LogP contribution is 2.34. The summed E-state index contributed by atoms with van der Waals surface area (Å²) in [6, 6.07) is 11.3. The van der Waals surface area contributed by atoms with Gasteiger partial charge in [0.2, 0.25) is 0 Å². The largest absolute Gasteiger partial charge is 0.300 e. The van der Waals surface area contributed by atoms with Crippen LogP contribution in [0.3, 0.4) is 0 Å². The Morgan fingerprint density at radius 3 is 2.70 bits per heavy atom. The molecule has 7 heteroatoms. The van der Waals surface area contributed by atoms with Gasteiger partial charge in [-0.05, 0) is 36.0 Å². The zero-order valence-electron chi connectivity index (χ0n) is 11.5. The van der Waals surface area contributed by atoms with E-state index in [0.29, 0.717) is 31.4 Å². The topological polar surface area (TPSA) is 41.5 Å². The number of hydrogen-bond acceptors (Lipinski definition) is 3. The van der Waals surface area contributed by atoms with Crippen molar-refractivity contribution in [2.75, 3.05) is 0 Å². The number of amides is 1. The van der Waals surface area contributed by atoms with Crippen LogP contribution in [0, 0.1) is 5.82 Å². The van der Waals surface area contributed by atoms with Crippen LogP contribution >= 0.6 is 35.0 Å². The van der Waals surface area contributed by atoms with E-state index in [4.69, 9.17) is 23.2 Å². The number of benzene rings is 2. The molecule has 1 heterocycles. The number of carbonyl (C=O) groups is 1. The van der Waals surface area contributed by atoms with Gasteiger partial charge in [0, 0.05) is 5.56 Å². The lowest BCUT2D eigenvalue weighted by Gasteiger charge is -2.00. The summed E-state index contributed by atoms with van der Waals surface area (Å²) in [6.07, 6.45) is 1.48. The molecule has 1 aliphatic heterocycles. The van der Waals surface area contributed by atoms with Crippen molar-refractivity contribution in [1.82, 2.24) is 5.32 Å². The summed E-state index contributed by atoms with van der Waals surface area (Å²) in [5.74, 6) is -0.730. The van der Waals surface area contributed by atoms with Crippen molar-refractivity contribution in [3.8, 4) is 0 Å². The summed E-state index contributed by atoms with van der Waals surface area (Å²) >= 11 is 13.1. The second-order valence-electron chi connectivity index (χ2n) is 4.58. The molecule has 0 radical (unpaired) electrons. The van der Waals surface area contributed by atoms with E-state index in [1.165, 1.54) is 12.1 Å². The molecule has 1 fully saturated rings. The Hall–Kier alpha value is -1.82. The maximum absolute atomic E-state index is 13.7. The Labute approximate surface area is 146 Å². The van der Waals surface area contributed by atoms with Gasteiger partial charge in [0.1, 0.15) is 5.82 Å².